The molecule has 0 aliphatic rings. The highest BCUT2D eigenvalue weighted by Crippen LogP contribution is 2.08. The maximum Gasteiger partial charge on any atom is 0.0766 e. The largest absolute Gasteiger partial charge is 1.00 e. The van der Waals surface area contributed by atoms with Crippen LogP contribution in [0.4, 0.5) is 0 Å². The molecule has 0 spiro atoms. The van der Waals surface area contributed by atoms with Gasteiger partial charge >= 0.3 is 0 Å². The molecule has 2 nitrogen and oxygen atoms in total. The molecule has 0 bridgehead atoms. The molecule has 0 atom stereocenters. The first-order valence-corrected chi connectivity index (χ1v) is 6.67. The fraction of sp³-hybridized carbons (Fsp3) is 1.00. The van der Waals surface area contributed by atoms with Crippen molar-refractivity contribution in [3.05, 3.63) is 0 Å². The fourth-order valence-electron chi connectivity index (χ4n) is 1.83. The molecule has 0 aliphatic carbocycles. The average molecular weight is 296 g/mol. The molecule has 0 fully saturated rings. The van der Waals surface area contributed by atoms with Crippen molar-refractivity contribution in [3.63, 3.8) is 0 Å². The van der Waals surface area contributed by atoms with E-state index >= 15 is 0 Å². The summed E-state index contributed by atoms with van der Waals surface area (Å²) in [6, 6.07) is 0. The summed E-state index contributed by atoms with van der Waals surface area (Å²) in [6.07, 6.45) is 11.9. The molecule has 0 unspecified atom stereocenters. The Morgan fingerprint density at radius 3 is 1.44 bits per heavy atom. The van der Waals surface area contributed by atoms with Gasteiger partial charge in [0, 0.05) is 6.61 Å². The first-order valence-electron chi connectivity index (χ1n) is 6.67. The second kappa shape index (κ2) is 15.4. The third-order valence-corrected chi connectivity index (χ3v) is 2.83. The van der Waals surface area contributed by atoms with Crippen molar-refractivity contribution in [2.24, 2.45) is 0 Å². The number of hydrogen-bond acceptors (Lipinski definition) is 1. The molecule has 2 N–H and O–H groups in total. The average Bonchev–Trinajstić information content (AvgIpc) is 2.20. The Morgan fingerprint density at radius 2 is 1.06 bits per heavy atom. The van der Waals surface area contributed by atoms with E-state index in [1.165, 1.54) is 57.9 Å². The van der Waals surface area contributed by atoms with Crippen molar-refractivity contribution >= 4 is 0 Å². The Balaban J connectivity index is 0. The van der Waals surface area contributed by atoms with Crippen LogP contribution in [0.3, 0.4) is 0 Å². The molecule has 0 saturated heterocycles. The number of aliphatic hydroxyl groups excluding tert-OH is 1. The number of aliphatic hydroxyl groups is 1. The number of nitrogens with one attached hydrogen (secondary N) is 1. The zero-order valence-corrected chi connectivity index (χ0v) is 12.7. The van der Waals surface area contributed by atoms with Gasteiger partial charge in [-0.05, 0) is 19.3 Å². The summed E-state index contributed by atoms with van der Waals surface area (Å²) in [6.45, 7) is 1.68. The lowest BCUT2D eigenvalue weighted by Gasteiger charge is -2.06. The minimum Gasteiger partial charge on any atom is -1.00 e. The molecule has 3 heteroatoms. The van der Waals surface area contributed by atoms with E-state index < -0.39 is 0 Å². The number of rotatable bonds is 11. The molecule has 0 saturated carbocycles. The van der Waals surface area contributed by atoms with E-state index in [9.17, 15) is 0 Å². The topological polar surface area (TPSA) is 24.7 Å². The van der Waals surface area contributed by atoms with Crippen LogP contribution in [-0.2, 0) is 0 Å². The number of quaternary nitrogens is 1. The lowest BCUT2D eigenvalue weighted by molar-refractivity contribution is -0.858. The second-order valence-corrected chi connectivity index (χ2v) is 4.86. The summed E-state index contributed by atoms with van der Waals surface area (Å²) in [5.74, 6) is 0. The monoisotopic (exact) mass is 295 g/mol. The molecule has 0 amide bonds. The Kier molecular flexibility index (Phi) is 18.1. The van der Waals surface area contributed by atoms with Gasteiger partial charge in [-0.1, -0.05) is 38.5 Å². The van der Waals surface area contributed by atoms with Crippen LogP contribution in [0, 0.1) is 0 Å². The van der Waals surface area contributed by atoms with Crippen LogP contribution in [0.15, 0.2) is 0 Å². The van der Waals surface area contributed by atoms with Crippen molar-refractivity contribution < 1.29 is 27.0 Å². The van der Waals surface area contributed by atoms with Gasteiger partial charge in [0.2, 0.25) is 0 Å². The number of hydrogen-bond donors (Lipinski definition) is 2. The van der Waals surface area contributed by atoms with Crippen LogP contribution < -0.4 is 21.9 Å². The van der Waals surface area contributed by atoms with E-state index in [1.54, 1.807) is 4.90 Å². The van der Waals surface area contributed by atoms with Gasteiger partial charge in [-0.3, -0.25) is 0 Å². The summed E-state index contributed by atoms with van der Waals surface area (Å²) in [4.78, 5) is 1.57. The Bertz CT molecular complexity index is 121. The highest BCUT2D eigenvalue weighted by Gasteiger charge is 1.94. The zero-order valence-electron chi connectivity index (χ0n) is 11.1. The van der Waals surface area contributed by atoms with Gasteiger partial charge in [0.05, 0.1) is 20.6 Å². The summed E-state index contributed by atoms with van der Waals surface area (Å²) >= 11 is 0. The molecule has 0 aromatic heterocycles. The summed E-state index contributed by atoms with van der Waals surface area (Å²) < 4.78 is 0. The number of halogens is 1. The predicted octanol–water partition coefficient (Wildman–Crippen LogP) is -1.36. The van der Waals surface area contributed by atoms with Gasteiger partial charge in [0.25, 0.3) is 0 Å². The normalized spacial score (nSPS) is 10.5. The second-order valence-electron chi connectivity index (χ2n) is 4.86. The highest BCUT2D eigenvalue weighted by atomic mass is 79.9. The van der Waals surface area contributed by atoms with Crippen LogP contribution in [0.2, 0.25) is 0 Å². The van der Waals surface area contributed by atoms with Crippen LogP contribution in [0.25, 0.3) is 0 Å². The maximum atomic E-state index is 8.61. The quantitative estimate of drug-likeness (QED) is 0.452. The van der Waals surface area contributed by atoms with E-state index in [2.05, 4.69) is 14.1 Å². The molecule has 0 rings (SSSR count). The molecule has 0 aliphatic heterocycles. The van der Waals surface area contributed by atoms with Crippen molar-refractivity contribution in [3.8, 4) is 0 Å². The molecule has 100 valence electrons. The Morgan fingerprint density at radius 1 is 0.688 bits per heavy atom. The van der Waals surface area contributed by atoms with Crippen LogP contribution in [-0.4, -0.2) is 32.4 Å². The fourth-order valence-corrected chi connectivity index (χ4v) is 1.83. The molecule has 0 heterocycles. The highest BCUT2D eigenvalue weighted by molar-refractivity contribution is 4.46. The minimum absolute atomic E-state index is 0. The third kappa shape index (κ3) is 16.8. The molecule has 0 aromatic rings. The summed E-state index contributed by atoms with van der Waals surface area (Å²) in [7, 11) is 4.45. The third-order valence-electron chi connectivity index (χ3n) is 2.83. The van der Waals surface area contributed by atoms with Crippen molar-refractivity contribution in [2.45, 2.75) is 57.8 Å². The first-order chi connectivity index (χ1) is 7.27. The van der Waals surface area contributed by atoms with Crippen molar-refractivity contribution in [1.29, 1.82) is 0 Å². The minimum atomic E-state index is 0. The van der Waals surface area contributed by atoms with Crippen LogP contribution in [0.5, 0.6) is 0 Å². The van der Waals surface area contributed by atoms with Crippen LogP contribution in [0.1, 0.15) is 57.8 Å². The molecule has 16 heavy (non-hydrogen) atoms. The van der Waals surface area contributed by atoms with E-state index in [0.717, 1.165) is 6.42 Å². The van der Waals surface area contributed by atoms with E-state index in [-0.39, 0.29) is 17.0 Å². The molecule has 0 aromatic carbocycles. The van der Waals surface area contributed by atoms with E-state index in [0.29, 0.717) is 6.61 Å². The maximum absolute atomic E-state index is 8.61. The van der Waals surface area contributed by atoms with Crippen molar-refractivity contribution in [1.82, 2.24) is 0 Å². The molecule has 0 radical (unpaired) electrons. The van der Waals surface area contributed by atoms with Gasteiger partial charge in [-0.25, -0.2) is 0 Å². The zero-order chi connectivity index (χ0) is 11.4. The standard InChI is InChI=1S/C13H29NO.BrH/c1-14(2)12-10-8-6-4-3-5-7-9-11-13-15;/h15H,3-13H2,1-2H3;1H. The van der Waals surface area contributed by atoms with E-state index in [1.807, 2.05) is 0 Å². The predicted molar refractivity (Wildman–Crippen MR) is 66.3 cm³/mol. The van der Waals surface area contributed by atoms with Gasteiger partial charge in [0.1, 0.15) is 0 Å². The molecular formula is C13H30BrNO. The number of unbranched alkanes of at least 4 members (excludes halogenated alkanes) is 8. The van der Waals surface area contributed by atoms with Gasteiger partial charge in [-0.2, -0.15) is 0 Å². The summed E-state index contributed by atoms with van der Waals surface area (Å²) in [5.41, 5.74) is 0. The Hall–Kier alpha value is 0.400. The smallest absolute Gasteiger partial charge is 0.0766 e. The van der Waals surface area contributed by atoms with Gasteiger partial charge in [0.15, 0.2) is 0 Å². The van der Waals surface area contributed by atoms with Crippen LogP contribution >= 0.6 is 0 Å². The van der Waals surface area contributed by atoms with Gasteiger partial charge < -0.3 is 27.0 Å². The lowest BCUT2D eigenvalue weighted by atomic mass is 10.1. The van der Waals surface area contributed by atoms with Gasteiger partial charge in [-0.15, -0.1) is 0 Å². The summed E-state index contributed by atoms with van der Waals surface area (Å²) in [5, 5.41) is 8.61. The molecular weight excluding hydrogens is 266 g/mol. The SMILES string of the molecule is C[NH+](C)CCCCCCCCCCCO.[Br-]. The van der Waals surface area contributed by atoms with E-state index in [4.69, 9.17) is 5.11 Å². The van der Waals surface area contributed by atoms with Crippen molar-refractivity contribution in [2.75, 3.05) is 27.2 Å². The lowest BCUT2D eigenvalue weighted by Crippen LogP contribution is -3.05. The first kappa shape index (κ1) is 18.8. The Labute approximate surface area is 112 Å².